The maximum absolute atomic E-state index is 12.8. The Morgan fingerprint density at radius 2 is 1.94 bits per heavy atom. The molecule has 9 nitrogen and oxygen atoms in total. The van der Waals surface area contributed by atoms with E-state index in [1.165, 1.54) is 0 Å². The highest BCUT2D eigenvalue weighted by Crippen LogP contribution is 2.37. The molecule has 1 aromatic heterocycles. The van der Waals surface area contributed by atoms with Gasteiger partial charge in [-0.1, -0.05) is 13.8 Å². The molecule has 36 heavy (non-hydrogen) atoms. The Labute approximate surface area is 212 Å². The van der Waals surface area contributed by atoms with Gasteiger partial charge in [0, 0.05) is 18.2 Å². The first-order valence-corrected chi connectivity index (χ1v) is 12.8. The number of nitrogens with zero attached hydrogens (tertiary/aromatic N) is 2. The largest absolute Gasteiger partial charge is 0.394 e. The smallest absolute Gasteiger partial charge is 0.250 e. The highest BCUT2D eigenvalue weighted by Gasteiger charge is 2.36. The molecule has 4 rings (SSSR count). The van der Waals surface area contributed by atoms with Crippen LogP contribution in [0.1, 0.15) is 78.1 Å². The second kappa shape index (κ2) is 11.1. The number of amides is 1. The van der Waals surface area contributed by atoms with Gasteiger partial charge < -0.3 is 25.6 Å². The highest BCUT2D eigenvalue weighted by atomic mass is 16.5. The number of Topliss-reactive ketones (excluding diaryl/α,β-unsaturated/α-hetero) is 1. The standard InChI is InChI=1S/C27H38N4O5/c1-17-25-23(15-27(2,3)16-24(25)33)31(30-17)19-6-9-21(26(28)34)22(14-19)29-18-4-7-20(8-5-18)36-13-12-35-11-10-32/h6,9,14,18,20,29,32H,4-5,7-8,10-13,15-16H2,1-3H3,(H2,28,34). The molecular formula is C27H38N4O5. The van der Waals surface area contributed by atoms with E-state index < -0.39 is 5.91 Å². The number of carbonyl (C=O) groups is 2. The van der Waals surface area contributed by atoms with Gasteiger partial charge in [0.1, 0.15) is 0 Å². The van der Waals surface area contributed by atoms with Crippen molar-refractivity contribution < 1.29 is 24.2 Å². The molecule has 196 valence electrons. The van der Waals surface area contributed by atoms with E-state index in [0.29, 0.717) is 37.5 Å². The number of hydrogen-bond acceptors (Lipinski definition) is 7. The van der Waals surface area contributed by atoms with Crippen LogP contribution in [0.3, 0.4) is 0 Å². The summed E-state index contributed by atoms with van der Waals surface area (Å²) in [5, 5.41) is 17.0. The number of aliphatic hydroxyl groups is 1. The third-order valence-corrected chi connectivity index (χ3v) is 7.08. The van der Waals surface area contributed by atoms with E-state index in [9.17, 15) is 9.59 Å². The number of ether oxygens (including phenoxy) is 2. The first-order valence-electron chi connectivity index (χ1n) is 12.8. The van der Waals surface area contributed by atoms with Gasteiger partial charge in [0.2, 0.25) is 0 Å². The minimum atomic E-state index is -0.487. The third-order valence-electron chi connectivity index (χ3n) is 7.08. The zero-order valence-corrected chi connectivity index (χ0v) is 21.5. The van der Waals surface area contributed by atoms with Gasteiger partial charge in [-0.2, -0.15) is 5.10 Å². The zero-order valence-electron chi connectivity index (χ0n) is 21.5. The number of rotatable bonds is 10. The normalized spacial score (nSPS) is 21.3. The lowest BCUT2D eigenvalue weighted by Gasteiger charge is -2.30. The Hall–Kier alpha value is -2.75. The van der Waals surface area contributed by atoms with Crippen molar-refractivity contribution in [3.8, 4) is 5.69 Å². The van der Waals surface area contributed by atoms with E-state index in [-0.39, 0.29) is 30.0 Å². The minimum absolute atomic E-state index is 0.0177. The van der Waals surface area contributed by atoms with Crippen LogP contribution in [0.5, 0.6) is 0 Å². The highest BCUT2D eigenvalue weighted by molar-refractivity contribution is 6.00. The predicted molar refractivity (Wildman–Crippen MR) is 137 cm³/mol. The van der Waals surface area contributed by atoms with Crippen LogP contribution < -0.4 is 11.1 Å². The quantitative estimate of drug-likeness (QED) is 0.429. The summed E-state index contributed by atoms with van der Waals surface area (Å²) < 4.78 is 13.0. The monoisotopic (exact) mass is 498 g/mol. The fourth-order valence-electron chi connectivity index (χ4n) is 5.39. The number of nitrogens with two attached hydrogens (primary N) is 1. The molecule has 0 atom stereocenters. The number of nitrogens with one attached hydrogen (secondary N) is 1. The molecule has 1 fully saturated rings. The average molecular weight is 499 g/mol. The molecular weight excluding hydrogens is 460 g/mol. The van der Waals surface area contributed by atoms with Gasteiger partial charge in [0.25, 0.3) is 5.91 Å². The van der Waals surface area contributed by atoms with Crippen LogP contribution in [0.2, 0.25) is 0 Å². The molecule has 1 amide bonds. The van der Waals surface area contributed by atoms with Crippen molar-refractivity contribution in [3.63, 3.8) is 0 Å². The molecule has 0 bridgehead atoms. The number of anilines is 1. The molecule has 2 aliphatic carbocycles. The predicted octanol–water partition coefficient (Wildman–Crippen LogP) is 3.18. The molecule has 0 unspecified atom stereocenters. The maximum Gasteiger partial charge on any atom is 0.250 e. The van der Waals surface area contributed by atoms with Crippen molar-refractivity contribution in [2.75, 3.05) is 31.7 Å². The molecule has 1 aromatic carbocycles. The fraction of sp³-hybridized carbons (Fsp3) is 0.593. The van der Waals surface area contributed by atoms with Crippen LogP contribution in [-0.4, -0.2) is 65.2 Å². The Morgan fingerprint density at radius 1 is 1.19 bits per heavy atom. The van der Waals surface area contributed by atoms with Gasteiger partial charge in [0.05, 0.1) is 60.7 Å². The van der Waals surface area contributed by atoms with Crippen molar-refractivity contribution >= 4 is 17.4 Å². The van der Waals surface area contributed by atoms with Crippen LogP contribution >= 0.6 is 0 Å². The number of primary amides is 1. The first-order chi connectivity index (χ1) is 17.2. The van der Waals surface area contributed by atoms with Crippen LogP contribution in [0.4, 0.5) is 5.69 Å². The number of aryl methyl sites for hydroxylation is 1. The van der Waals surface area contributed by atoms with Crippen molar-refractivity contribution in [3.05, 3.63) is 40.7 Å². The van der Waals surface area contributed by atoms with Crippen molar-refractivity contribution in [2.45, 2.75) is 71.4 Å². The Kier molecular flexibility index (Phi) is 8.12. The molecule has 2 aliphatic rings. The minimum Gasteiger partial charge on any atom is -0.394 e. The van der Waals surface area contributed by atoms with Crippen molar-refractivity contribution in [1.82, 2.24) is 9.78 Å². The summed E-state index contributed by atoms with van der Waals surface area (Å²) in [6, 6.07) is 5.69. The summed E-state index contributed by atoms with van der Waals surface area (Å²) in [5.74, 6) is -0.352. The third kappa shape index (κ3) is 5.96. The Morgan fingerprint density at radius 3 is 2.64 bits per heavy atom. The zero-order chi connectivity index (χ0) is 25.9. The topological polar surface area (TPSA) is 129 Å². The van der Waals surface area contributed by atoms with Gasteiger partial charge >= 0.3 is 0 Å². The number of benzene rings is 1. The van der Waals surface area contributed by atoms with E-state index in [0.717, 1.165) is 54.7 Å². The summed E-state index contributed by atoms with van der Waals surface area (Å²) in [7, 11) is 0. The molecule has 0 radical (unpaired) electrons. The van der Waals surface area contributed by atoms with E-state index in [1.54, 1.807) is 6.07 Å². The van der Waals surface area contributed by atoms with Crippen LogP contribution in [-0.2, 0) is 15.9 Å². The fourth-order valence-corrected chi connectivity index (χ4v) is 5.39. The number of carbonyl (C=O) groups excluding carboxylic acids is 2. The van der Waals surface area contributed by atoms with Gasteiger partial charge in [-0.15, -0.1) is 0 Å². The maximum atomic E-state index is 12.8. The van der Waals surface area contributed by atoms with E-state index in [4.69, 9.17) is 25.4 Å². The lowest BCUT2D eigenvalue weighted by atomic mass is 9.75. The summed E-state index contributed by atoms with van der Waals surface area (Å²) in [5.41, 5.74) is 9.87. The van der Waals surface area contributed by atoms with Gasteiger partial charge in [-0.05, 0) is 62.6 Å². The van der Waals surface area contributed by atoms with Crippen molar-refractivity contribution in [2.24, 2.45) is 11.1 Å². The number of ketones is 1. The number of aliphatic hydroxyl groups excluding tert-OH is 1. The lowest BCUT2D eigenvalue weighted by Crippen LogP contribution is -2.31. The van der Waals surface area contributed by atoms with Crippen LogP contribution in [0.15, 0.2) is 18.2 Å². The number of aromatic nitrogens is 2. The summed E-state index contributed by atoms with van der Waals surface area (Å²) in [4.78, 5) is 25.0. The Bertz CT molecular complexity index is 1100. The molecule has 9 heteroatoms. The van der Waals surface area contributed by atoms with Gasteiger partial charge in [-0.3, -0.25) is 9.59 Å². The second-order valence-electron chi connectivity index (χ2n) is 10.7. The van der Waals surface area contributed by atoms with Crippen LogP contribution in [0.25, 0.3) is 5.69 Å². The first kappa shape index (κ1) is 26.3. The van der Waals surface area contributed by atoms with Crippen LogP contribution in [0, 0.1) is 12.3 Å². The summed E-state index contributed by atoms with van der Waals surface area (Å²) >= 11 is 0. The van der Waals surface area contributed by atoms with Gasteiger partial charge in [-0.25, -0.2) is 4.68 Å². The molecule has 2 aromatic rings. The molecule has 4 N–H and O–H groups in total. The number of hydrogen-bond donors (Lipinski definition) is 3. The molecule has 1 saturated carbocycles. The lowest BCUT2D eigenvalue weighted by molar-refractivity contribution is -0.0164. The van der Waals surface area contributed by atoms with E-state index in [2.05, 4.69) is 19.2 Å². The summed E-state index contributed by atoms with van der Waals surface area (Å²) in [6.45, 7) is 7.43. The Balaban J connectivity index is 1.49. The second-order valence-corrected chi connectivity index (χ2v) is 10.7. The van der Waals surface area contributed by atoms with Gasteiger partial charge in [0.15, 0.2) is 5.78 Å². The molecule has 0 spiro atoms. The van der Waals surface area contributed by atoms with E-state index >= 15 is 0 Å². The molecule has 0 saturated heterocycles. The van der Waals surface area contributed by atoms with E-state index in [1.807, 2.05) is 23.7 Å². The van der Waals surface area contributed by atoms with Crippen molar-refractivity contribution in [1.29, 1.82) is 0 Å². The molecule has 0 aliphatic heterocycles. The molecule has 1 heterocycles. The average Bonchev–Trinajstić information content (AvgIpc) is 3.15. The summed E-state index contributed by atoms with van der Waals surface area (Å²) in [6.07, 6.45) is 5.08. The number of fused-ring (bicyclic) bond motifs is 1. The SMILES string of the molecule is Cc1nn(-c2ccc(C(N)=O)c(NC3CCC(OCCOCCO)CC3)c2)c2c1C(=O)CC(C)(C)C2.